The van der Waals surface area contributed by atoms with E-state index in [2.05, 4.69) is 5.32 Å². The first-order valence-corrected chi connectivity index (χ1v) is 15.6. The number of hydrogen-bond donors (Lipinski definition) is 1. The molecule has 3 aromatic rings. The SMILES string of the molecule is CC[C@H](C)NC(=O)[C@@H](Cc1ccccc1)N(Cc1ccccc1C)C(=O)CN(c1cccc(Cl)c1C)S(C)(=O)=O. The Kier molecular flexibility index (Phi) is 10.8. The average molecular weight is 584 g/mol. The van der Waals surface area contributed by atoms with Gasteiger partial charge in [0.05, 0.1) is 11.9 Å². The molecule has 7 nitrogen and oxygen atoms in total. The van der Waals surface area contributed by atoms with E-state index < -0.39 is 28.5 Å². The van der Waals surface area contributed by atoms with E-state index in [1.54, 1.807) is 25.1 Å². The highest BCUT2D eigenvalue weighted by Crippen LogP contribution is 2.29. The van der Waals surface area contributed by atoms with Crippen LogP contribution in [-0.4, -0.2) is 50.0 Å². The molecule has 9 heteroatoms. The molecule has 40 heavy (non-hydrogen) atoms. The third-order valence-electron chi connectivity index (χ3n) is 7.06. The summed E-state index contributed by atoms with van der Waals surface area (Å²) in [4.78, 5) is 29.4. The molecule has 0 heterocycles. The lowest BCUT2D eigenvalue weighted by Gasteiger charge is -2.34. The zero-order valence-corrected chi connectivity index (χ0v) is 25.3. The van der Waals surface area contributed by atoms with Gasteiger partial charge in [0, 0.05) is 24.0 Å². The van der Waals surface area contributed by atoms with Crippen molar-refractivity contribution in [3.05, 3.63) is 100 Å². The van der Waals surface area contributed by atoms with Gasteiger partial charge in [-0.1, -0.05) is 79.2 Å². The molecule has 2 amide bonds. The maximum Gasteiger partial charge on any atom is 0.244 e. The van der Waals surface area contributed by atoms with Crippen molar-refractivity contribution >= 4 is 39.1 Å². The van der Waals surface area contributed by atoms with Crippen molar-refractivity contribution in [2.75, 3.05) is 17.1 Å². The van der Waals surface area contributed by atoms with Gasteiger partial charge in [-0.05, 0) is 61.6 Å². The first-order chi connectivity index (χ1) is 18.9. The Morgan fingerprint density at radius 1 is 0.950 bits per heavy atom. The van der Waals surface area contributed by atoms with Crippen LogP contribution in [-0.2, 0) is 32.6 Å². The molecular formula is C31H38ClN3O4S. The third-order valence-corrected chi connectivity index (χ3v) is 8.60. The van der Waals surface area contributed by atoms with E-state index in [0.29, 0.717) is 16.3 Å². The van der Waals surface area contributed by atoms with Gasteiger partial charge in [0.1, 0.15) is 12.6 Å². The smallest absolute Gasteiger partial charge is 0.244 e. The summed E-state index contributed by atoms with van der Waals surface area (Å²) in [5, 5.41) is 3.43. The van der Waals surface area contributed by atoms with E-state index in [1.165, 1.54) is 4.90 Å². The first-order valence-electron chi connectivity index (χ1n) is 13.3. The van der Waals surface area contributed by atoms with Gasteiger partial charge in [-0.15, -0.1) is 0 Å². The number of carbonyl (C=O) groups excluding carboxylic acids is 2. The standard InChI is InChI=1S/C31H38ClN3O4S/c1-6-23(3)33-31(37)29(19-25-14-8-7-9-15-25)34(20-26-16-11-10-13-22(26)2)30(36)21-35(40(5,38)39)28-18-12-17-27(32)24(28)4/h7-18,23,29H,6,19-21H2,1-5H3,(H,33,37)/t23-,29+/m0/s1. The fourth-order valence-corrected chi connectivity index (χ4v) is 5.50. The zero-order valence-electron chi connectivity index (χ0n) is 23.7. The zero-order chi connectivity index (χ0) is 29.4. The fraction of sp³-hybridized carbons (Fsp3) is 0.355. The van der Waals surface area contributed by atoms with E-state index >= 15 is 0 Å². The lowest BCUT2D eigenvalue weighted by Crippen LogP contribution is -2.54. The lowest BCUT2D eigenvalue weighted by molar-refractivity contribution is -0.140. The first kappa shape index (κ1) is 31.2. The van der Waals surface area contributed by atoms with E-state index in [4.69, 9.17) is 11.6 Å². The molecule has 0 fully saturated rings. The Hall–Kier alpha value is -3.36. The topological polar surface area (TPSA) is 86.8 Å². The van der Waals surface area contributed by atoms with Crippen LogP contribution in [0.2, 0.25) is 5.02 Å². The van der Waals surface area contributed by atoms with E-state index in [9.17, 15) is 18.0 Å². The highest BCUT2D eigenvalue weighted by Gasteiger charge is 2.34. The molecule has 0 spiro atoms. The van der Waals surface area contributed by atoms with Gasteiger partial charge in [0.15, 0.2) is 0 Å². The van der Waals surface area contributed by atoms with Crippen LogP contribution in [0.4, 0.5) is 5.69 Å². The Morgan fingerprint density at radius 3 is 2.23 bits per heavy atom. The summed E-state index contributed by atoms with van der Waals surface area (Å²) in [6, 6.07) is 21.1. The number of benzene rings is 3. The second-order valence-electron chi connectivity index (χ2n) is 10.1. The maximum atomic E-state index is 14.2. The third kappa shape index (κ3) is 8.08. The fourth-order valence-electron chi connectivity index (χ4n) is 4.43. The van der Waals surface area contributed by atoms with Crippen LogP contribution in [0.1, 0.15) is 42.5 Å². The van der Waals surface area contributed by atoms with Crippen molar-refractivity contribution in [3.8, 4) is 0 Å². The molecule has 3 aromatic carbocycles. The molecule has 0 saturated heterocycles. The quantitative estimate of drug-likeness (QED) is 0.314. The number of carbonyl (C=O) groups is 2. The second kappa shape index (κ2) is 13.8. The number of aryl methyl sites for hydroxylation is 1. The molecule has 214 valence electrons. The number of hydrogen-bond acceptors (Lipinski definition) is 4. The van der Waals surface area contributed by atoms with Crippen molar-refractivity contribution < 1.29 is 18.0 Å². The molecular weight excluding hydrogens is 546 g/mol. The van der Waals surface area contributed by atoms with Crippen molar-refractivity contribution in [2.24, 2.45) is 0 Å². The molecule has 0 radical (unpaired) electrons. The predicted octanol–water partition coefficient (Wildman–Crippen LogP) is 5.28. The van der Waals surface area contributed by atoms with Crippen LogP contribution in [0.3, 0.4) is 0 Å². The van der Waals surface area contributed by atoms with Crippen LogP contribution in [0.5, 0.6) is 0 Å². The molecule has 0 aliphatic heterocycles. The Morgan fingerprint density at radius 2 is 1.60 bits per heavy atom. The lowest BCUT2D eigenvalue weighted by atomic mass is 10.0. The number of amides is 2. The molecule has 1 N–H and O–H groups in total. The summed E-state index contributed by atoms with van der Waals surface area (Å²) in [6.07, 6.45) is 2.06. The van der Waals surface area contributed by atoms with Gasteiger partial charge < -0.3 is 10.2 Å². The van der Waals surface area contributed by atoms with Crippen LogP contribution < -0.4 is 9.62 Å². The van der Waals surface area contributed by atoms with Gasteiger partial charge in [0.2, 0.25) is 21.8 Å². The van der Waals surface area contributed by atoms with Gasteiger partial charge in [-0.3, -0.25) is 13.9 Å². The summed E-state index contributed by atoms with van der Waals surface area (Å²) in [5.41, 5.74) is 3.59. The Labute approximate surface area is 243 Å². The van der Waals surface area contributed by atoms with Gasteiger partial charge in [0.25, 0.3) is 0 Å². The highest BCUT2D eigenvalue weighted by molar-refractivity contribution is 7.92. The summed E-state index contributed by atoms with van der Waals surface area (Å²) in [6.45, 7) is 7.21. The minimum Gasteiger partial charge on any atom is -0.352 e. The molecule has 3 rings (SSSR count). The Balaban J connectivity index is 2.10. The van der Waals surface area contributed by atoms with Crippen LogP contribution >= 0.6 is 11.6 Å². The normalized spacial score (nSPS) is 12.8. The van der Waals surface area contributed by atoms with Crippen molar-refractivity contribution in [1.82, 2.24) is 10.2 Å². The van der Waals surface area contributed by atoms with Crippen LogP contribution in [0, 0.1) is 13.8 Å². The van der Waals surface area contributed by atoms with Crippen LogP contribution in [0.25, 0.3) is 0 Å². The molecule has 0 aromatic heterocycles. The van der Waals surface area contributed by atoms with Gasteiger partial charge in [-0.25, -0.2) is 8.42 Å². The highest BCUT2D eigenvalue weighted by atomic mass is 35.5. The number of anilines is 1. The number of sulfonamides is 1. The van der Waals surface area contributed by atoms with Crippen LogP contribution in [0.15, 0.2) is 72.8 Å². The number of halogens is 1. The van der Waals surface area contributed by atoms with Crippen molar-refractivity contribution in [3.63, 3.8) is 0 Å². The summed E-state index contributed by atoms with van der Waals surface area (Å²) in [7, 11) is -3.87. The summed E-state index contributed by atoms with van der Waals surface area (Å²) in [5.74, 6) is -0.779. The number of nitrogens with zero attached hydrogens (tertiary/aromatic N) is 2. The van der Waals surface area contributed by atoms with Crippen molar-refractivity contribution in [2.45, 2.75) is 59.2 Å². The van der Waals surface area contributed by atoms with Gasteiger partial charge in [-0.2, -0.15) is 0 Å². The van der Waals surface area contributed by atoms with Gasteiger partial charge >= 0.3 is 0 Å². The number of nitrogens with one attached hydrogen (secondary N) is 1. The number of rotatable bonds is 12. The monoisotopic (exact) mass is 583 g/mol. The molecule has 0 aliphatic carbocycles. The predicted molar refractivity (Wildman–Crippen MR) is 162 cm³/mol. The molecule has 2 atom stereocenters. The van der Waals surface area contributed by atoms with E-state index in [0.717, 1.165) is 33.7 Å². The Bertz CT molecular complexity index is 1430. The van der Waals surface area contributed by atoms with E-state index in [-0.39, 0.29) is 24.9 Å². The molecule has 0 aliphatic rings. The maximum absolute atomic E-state index is 14.2. The molecule has 0 unspecified atom stereocenters. The average Bonchev–Trinajstić information content (AvgIpc) is 2.91. The molecule has 0 saturated carbocycles. The van der Waals surface area contributed by atoms with Crippen molar-refractivity contribution in [1.29, 1.82) is 0 Å². The minimum absolute atomic E-state index is 0.0946. The summed E-state index contributed by atoms with van der Waals surface area (Å²) < 4.78 is 27.0. The van der Waals surface area contributed by atoms with E-state index in [1.807, 2.05) is 75.4 Å². The summed E-state index contributed by atoms with van der Waals surface area (Å²) >= 11 is 6.31. The second-order valence-corrected chi connectivity index (χ2v) is 12.4. The molecule has 0 bridgehead atoms. The minimum atomic E-state index is -3.87. The largest absolute Gasteiger partial charge is 0.352 e.